The number of rotatable bonds is 5. The van der Waals surface area contributed by atoms with E-state index in [1.807, 2.05) is 12.1 Å². The van der Waals surface area contributed by atoms with Crippen molar-refractivity contribution in [2.45, 2.75) is 25.0 Å². The lowest BCUT2D eigenvalue weighted by molar-refractivity contribution is 0.0349. The standard InChI is InChI=1S/C23H23FN2O5/c1-29-17-6-3-7-18(13-17)30-21-9-11-26(10-8-20(21)27)23(28)22-14-19(25-31-22)15-4-2-5-16(24)12-15/h2-7,12-14,20-21,27H,8-11H2,1H3/t20-,21-/m0/s1. The lowest BCUT2D eigenvalue weighted by atomic mass is 10.1. The number of hydrogen-bond acceptors (Lipinski definition) is 6. The van der Waals surface area contributed by atoms with Crippen molar-refractivity contribution in [1.29, 1.82) is 0 Å². The van der Waals surface area contributed by atoms with Crippen LogP contribution in [0.3, 0.4) is 0 Å². The van der Waals surface area contributed by atoms with Gasteiger partial charge in [0.25, 0.3) is 5.91 Å². The number of aliphatic hydroxyl groups excluding tert-OH is 1. The Bertz CT molecular complexity index is 1050. The highest BCUT2D eigenvalue weighted by molar-refractivity contribution is 5.92. The number of ether oxygens (including phenoxy) is 2. The molecule has 4 rings (SSSR count). The first-order valence-corrected chi connectivity index (χ1v) is 10.0. The fourth-order valence-electron chi connectivity index (χ4n) is 3.57. The highest BCUT2D eigenvalue weighted by Gasteiger charge is 2.30. The van der Waals surface area contributed by atoms with Crippen molar-refractivity contribution in [3.05, 3.63) is 66.2 Å². The zero-order valence-electron chi connectivity index (χ0n) is 17.0. The molecule has 1 saturated heterocycles. The molecule has 1 fully saturated rings. The molecule has 1 N–H and O–H groups in total. The molecule has 0 saturated carbocycles. The van der Waals surface area contributed by atoms with E-state index in [4.69, 9.17) is 14.0 Å². The Morgan fingerprint density at radius 3 is 2.71 bits per heavy atom. The summed E-state index contributed by atoms with van der Waals surface area (Å²) >= 11 is 0. The van der Waals surface area contributed by atoms with Crippen LogP contribution in [-0.2, 0) is 0 Å². The van der Waals surface area contributed by atoms with Crippen molar-refractivity contribution in [2.24, 2.45) is 0 Å². The van der Waals surface area contributed by atoms with Gasteiger partial charge in [0.05, 0.1) is 13.2 Å². The van der Waals surface area contributed by atoms with Gasteiger partial charge in [0.1, 0.15) is 29.1 Å². The minimum absolute atomic E-state index is 0.0703. The fourth-order valence-corrected chi connectivity index (χ4v) is 3.57. The maximum absolute atomic E-state index is 13.5. The molecule has 1 aromatic heterocycles. The molecular weight excluding hydrogens is 403 g/mol. The first-order chi connectivity index (χ1) is 15.0. The normalized spacial score (nSPS) is 19.0. The average Bonchev–Trinajstić information content (AvgIpc) is 3.21. The van der Waals surface area contributed by atoms with Gasteiger partial charge < -0.3 is 24.0 Å². The van der Waals surface area contributed by atoms with Crippen LogP contribution in [0.15, 0.2) is 59.1 Å². The molecule has 8 heteroatoms. The Morgan fingerprint density at radius 2 is 1.90 bits per heavy atom. The maximum Gasteiger partial charge on any atom is 0.292 e. The van der Waals surface area contributed by atoms with Crippen LogP contribution in [0.1, 0.15) is 23.4 Å². The van der Waals surface area contributed by atoms with Crippen molar-refractivity contribution in [1.82, 2.24) is 10.1 Å². The van der Waals surface area contributed by atoms with Crippen LogP contribution in [0.4, 0.5) is 4.39 Å². The molecule has 1 amide bonds. The largest absolute Gasteiger partial charge is 0.497 e. The predicted octanol–water partition coefficient (Wildman–Crippen LogP) is 3.53. The lowest BCUT2D eigenvalue weighted by Crippen LogP contribution is -2.32. The highest BCUT2D eigenvalue weighted by atomic mass is 19.1. The molecule has 31 heavy (non-hydrogen) atoms. The van der Waals surface area contributed by atoms with Crippen molar-refractivity contribution in [3.63, 3.8) is 0 Å². The number of methoxy groups -OCH3 is 1. The maximum atomic E-state index is 13.5. The number of benzene rings is 2. The number of likely N-dealkylation sites (tertiary alicyclic amines) is 1. The lowest BCUT2D eigenvalue weighted by Gasteiger charge is -2.22. The summed E-state index contributed by atoms with van der Waals surface area (Å²) in [7, 11) is 1.58. The molecule has 0 radical (unpaired) electrons. The summed E-state index contributed by atoms with van der Waals surface area (Å²) in [5.74, 6) is 0.609. The van der Waals surface area contributed by atoms with Gasteiger partial charge in [-0.25, -0.2) is 4.39 Å². The highest BCUT2D eigenvalue weighted by Crippen LogP contribution is 2.25. The molecule has 0 aliphatic carbocycles. The van der Waals surface area contributed by atoms with Crippen molar-refractivity contribution in [2.75, 3.05) is 20.2 Å². The average molecular weight is 426 g/mol. The zero-order chi connectivity index (χ0) is 21.8. The zero-order valence-corrected chi connectivity index (χ0v) is 17.0. The van der Waals surface area contributed by atoms with Crippen LogP contribution in [0.5, 0.6) is 11.5 Å². The summed E-state index contributed by atoms with van der Waals surface area (Å²) in [6.45, 7) is 0.745. The number of hydrogen-bond donors (Lipinski definition) is 1. The van der Waals surface area contributed by atoms with Crippen LogP contribution in [0.25, 0.3) is 11.3 Å². The number of nitrogens with zero attached hydrogens (tertiary/aromatic N) is 2. The summed E-state index contributed by atoms with van der Waals surface area (Å²) < 4.78 is 29.8. The topological polar surface area (TPSA) is 85.0 Å². The van der Waals surface area contributed by atoms with Crippen LogP contribution >= 0.6 is 0 Å². The second kappa shape index (κ2) is 9.18. The van der Waals surface area contributed by atoms with Crippen molar-refractivity contribution in [3.8, 4) is 22.8 Å². The first kappa shape index (κ1) is 20.9. The second-order valence-electron chi connectivity index (χ2n) is 7.36. The summed E-state index contributed by atoms with van der Waals surface area (Å²) in [6, 6.07) is 14.6. The smallest absolute Gasteiger partial charge is 0.292 e. The van der Waals surface area contributed by atoms with Crippen LogP contribution < -0.4 is 9.47 Å². The van der Waals surface area contributed by atoms with Gasteiger partial charge in [-0.2, -0.15) is 0 Å². The number of carbonyl (C=O) groups excluding carboxylic acids is 1. The minimum atomic E-state index is -0.721. The predicted molar refractivity (Wildman–Crippen MR) is 110 cm³/mol. The molecule has 0 unspecified atom stereocenters. The van der Waals surface area contributed by atoms with E-state index in [9.17, 15) is 14.3 Å². The molecule has 2 heterocycles. The van der Waals surface area contributed by atoms with E-state index in [1.165, 1.54) is 18.2 Å². The third-order valence-electron chi connectivity index (χ3n) is 5.26. The first-order valence-electron chi connectivity index (χ1n) is 10.0. The SMILES string of the molecule is COc1cccc(O[C@H]2CCN(C(=O)c3cc(-c4cccc(F)c4)no3)CC[C@@H]2O)c1. The second-order valence-corrected chi connectivity index (χ2v) is 7.36. The van der Waals surface area contributed by atoms with Crippen LogP contribution in [-0.4, -0.2) is 53.5 Å². The van der Waals surface area contributed by atoms with E-state index in [-0.39, 0.29) is 11.7 Å². The number of amides is 1. The summed E-state index contributed by atoms with van der Waals surface area (Å²) in [6.07, 6.45) is -0.357. The van der Waals surface area contributed by atoms with Gasteiger partial charge in [-0.15, -0.1) is 0 Å². The quantitative estimate of drug-likeness (QED) is 0.672. The number of carbonyl (C=O) groups is 1. The third kappa shape index (κ3) is 4.86. The Hall–Kier alpha value is -3.39. The van der Waals surface area contributed by atoms with Gasteiger partial charge >= 0.3 is 0 Å². The Balaban J connectivity index is 1.42. The Kier molecular flexibility index (Phi) is 6.18. The molecule has 0 spiro atoms. The molecule has 162 valence electrons. The monoisotopic (exact) mass is 426 g/mol. The van der Waals surface area contributed by atoms with E-state index in [2.05, 4.69) is 5.16 Å². The van der Waals surface area contributed by atoms with Gasteiger partial charge in [0.2, 0.25) is 5.76 Å². The molecule has 3 aromatic rings. The molecule has 0 bridgehead atoms. The van der Waals surface area contributed by atoms with E-state index in [1.54, 1.807) is 36.3 Å². The molecule has 1 aliphatic rings. The minimum Gasteiger partial charge on any atom is -0.497 e. The third-order valence-corrected chi connectivity index (χ3v) is 5.26. The van der Waals surface area contributed by atoms with Crippen LogP contribution in [0, 0.1) is 5.82 Å². The number of halogens is 1. The fraction of sp³-hybridized carbons (Fsp3) is 0.304. The van der Waals surface area contributed by atoms with Crippen molar-refractivity contribution >= 4 is 5.91 Å². The molecule has 2 atom stereocenters. The van der Waals surface area contributed by atoms with Crippen molar-refractivity contribution < 1.29 is 28.3 Å². The molecule has 7 nitrogen and oxygen atoms in total. The van der Waals surface area contributed by atoms with E-state index >= 15 is 0 Å². The van der Waals surface area contributed by atoms with Gasteiger partial charge in [-0.1, -0.05) is 23.4 Å². The summed E-state index contributed by atoms with van der Waals surface area (Å²) in [4.78, 5) is 14.5. The summed E-state index contributed by atoms with van der Waals surface area (Å²) in [5.41, 5.74) is 0.915. The van der Waals surface area contributed by atoms with E-state index in [0.717, 1.165) is 0 Å². The van der Waals surface area contributed by atoms with Crippen LogP contribution in [0.2, 0.25) is 0 Å². The molecule has 2 aromatic carbocycles. The molecule has 1 aliphatic heterocycles. The Morgan fingerprint density at radius 1 is 1.13 bits per heavy atom. The van der Waals surface area contributed by atoms with Gasteiger partial charge in [0, 0.05) is 37.2 Å². The van der Waals surface area contributed by atoms with E-state index < -0.39 is 18.0 Å². The number of aromatic nitrogens is 1. The molecular formula is C23H23FN2O5. The Labute approximate surface area is 179 Å². The van der Waals surface area contributed by atoms with E-state index in [0.29, 0.717) is 48.7 Å². The van der Waals surface area contributed by atoms with Gasteiger partial charge in [-0.05, 0) is 30.7 Å². The number of aliphatic hydroxyl groups is 1. The summed E-state index contributed by atoms with van der Waals surface area (Å²) in [5, 5.41) is 14.4. The van der Waals surface area contributed by atoms with Gasteiger partial charge in [0.15, 0.2) is 0 Å². The van der Waals surface area contributed by atoms with Gasteiger partial charge in [-0.3, -0.25) is 4.79 Å².